The molecule has 0 saturated heterocycles. The van der Waals surface area contributed by atoms with Crippen molar-refractivity contribution < 1.29 is 13.6 Å². The molecule has 0 aromatic heterocycles. The Balaban J connectivity index is 2.17. The van der Waals surface area contributed by atoms with Crippen molar-refractivity contribution in [3.63, 3.8) is 0 Å². The summed E-state index contributed by atoms with van der Waals surface area (Å²) >= 11 is 0. The van der Waals surface area contributed by atoms with Crippen LogP contribution in [0.2, 0.25) is 0 Å². The lowest BCUT2D eigenvalue weighted by Crippen LogP contribution is -2.11. The van der Waals surface area contributed by atoms with Crippen LogP contribution in [-0.4, -0.2) is 5.78 Å². The summed E-state index contributed by atoms with van der Waals surface area (Å²) in [7, 11) is 0. The van der Waals surface area contributed by atoms with E-state index in [1.165, 1.54) is 6.07 Å². The first kappa shape index (κ1) is 10.3. The molecule has 1 aromatic carbocycles. The molecule has 0 aliphatic heterocycles. The SMILES string of the molecule is O=C1CCCC1Cc1cccc(F)c1F. The van der Waals surface area contributed by atoms with Gasteiger partial charge in [-0.25, -0.2) is 8.78 Å². The van der Waals surface area contributed by atoms with E-state index in [1.54, 1.807) is 6.07 Å². The number of carbonyl (C=O) groups is 1. The van der Waals surface area contributed by atoms with Gasteiger partial charge in [-0.3, -0.25) is 4.79 Å². The van der Waals surface area contributed by atoms with Crippen molar-refractivity contribution in [3.8, 4) is 0 Å². The Labute approximate surface area is 87.1 Å². The molecular formula is C12H12F2O. The largest absolute Gasteiger partial charge is 0.299 e. The maximum absolute atomic E-state index is 13.3. The maximum atomic E-state index is 13.3. The van der Waals surface area contributed by atoms with Gasteiger partial charge in [0.1, 0.15) is 5.78 Å². The van der Waals surface area contributed by atoms with Crippen LogP contribution in [0.1, 0.15) is 24.8 Å². The molecule has 0 radical (unpaired) electrons. The monoisotopic (exact) mass is 210 g/mol. The van der Waals surface area contributed by atoms with E-state index in [-0.39, 0.29) is 11.7 Å². The molecule has 3 heteroatoms. The van der Waals surface area contributed by atoms with E-state index in [2.05, 4.69) is 0 Å². The number of hydrogen-bond acceptors (Lipinski definition) is 1. The molecule has 0 spiro atoms. The van der Waals surface area contributed by atoms with Gasteiger partial charge in [0.05, 0.1) is 0 Å². The van der Waals surface area contributed by atoms with Gasteiger partial charge in [0, 0.05) is 12.3 Å². The summed E-state index contributed by atoms with van der Waals surface area (Å²) in [6.45, 7) is 0. The maximum Gasteiger partial charge on any atom is 0.162 e. The lowest BCUT2D eigenvalue weighted by atomic mass is 9.97. The highest BCUT2D eigenvalue weighted by molar-refractivity contribution is 5.83. The highest BCUT2D eigenvalue weighted by atomic mass is 19.2. The van der Waals surface area contributed by atoms with Gasteiger partial charge in [0.2, 0.25) is 0 Å². The Morgan fingerprint density at radius 3 is 2.80 bits per heavy atom. The Bertz CT molecular complexity index is 387. The predicted octanol–water partition coefficient (Wildman–Crippen LogP) is 2.88. The topological polar surface area (TPSA) is 17.1 Å². The predicted molar refractivity (Wildman–Crippen MR) is 52.4 cm³/mol. The summed E-state index contributed by atoms with van der Waals surface area (Å²) in [6, 6.07) is 4.12. The average Bonchev–Trinajstić information content (AvgIpc) is 2.60. The summed E-state index contributed by atoms with van der Waals surface area (Å²) in [5.41, 5.74) is 0.315. The zero-order valence-electron chi connectivity index (χ0n) is 8.30. The fourth-order valence-electron chi connectivity index (χ4n) is 2.08. The molecule has 0 heterocycles. The smallest absolute Gasteiger partial charge is 0.162 e. The van der Waals surface area contributed by atoms with E-state index in [4.69, 9.17) is 0 Å². The van der Waals surface area contributed by atoms with E-state index >= 15 is 0 Å². The van der Waals surface area contributed by atoms with E-state index in [0.29, 0.717) is 18.4 Å². The van der Waals surface area contributed by atoms with Crippen molar-refractivity contribution in [2.45, 2.75) is 25.7 Å². The van der Waals surface area contributed by atoms with Gasteiger partial charge < -0.3 is 0 Å². The number of ketones is 1. The normalized spacial score (nSPS) is 20.9. The second-order valence-electron chi connectivity index (χ2n) is 3.97. The summed E-state index contributed by atoms with van der Waals surface area (Å²) in [5, 5.41) is 0. The highest BCUT2D eigenvalue weighted by Gasteiger charge is 2.25. The molecule has 0 bridgehead atoms. The highest BCUT2D eigenvalue weighted by Crippen LogP contribution is 2.26. The van der Waals surface area contributed by atoms with Crippen LogP contribution in [0.4, 0.5) is 8.78 Å². The molecule has 0 amide bonds. The lowest BCUT2D eigenvalue weighted by Gasteiger charge is -2.08. The minimum absolute atomic E-state index is 0.110. The van der Waals surface area contributed by atoms with Gasteiger partial charge in [-0.1, -0.05) is 12.1 Å². The van der Waals surface area contributed by atoms with Crippen molar-refractivity contribution >= 4 is 5.78 Å². The van der Waals surface area contributed by atoms with E-state index < -0.39 is 11.6 Å². The summed E-state index contributed by atoms with van der Waals surface area (Å²) in [5.74, 6) is -1.57. The zero-order chi connectivity index (χ0) is 10.8. The number of halogens is 2. The summed E-state index contributed by atoms with van der Waals surface area (Å²) in [4.78, 5) is 11.4. The van der Waals surface area contributed by atoms with Crippen molar-refractivity contribution in [1.29, 1.82) is 0 Å². The van der Waals surface area contributed by atoms with Gasteiger partial charge >= 0.3 is 0 Å². The lowest BCUT2D eigenvalue weighted by molar-refractivity contribution is -0.120. The van der Waals surface area contributed by atoms with E-state index in [0.717, 1.165) is 18.9 Å². The molecule has 1 atom stereocenters. The molecule has 1 aliphatic carbocycles. The summed E-state index contributed by atoms with van der Waals surface area (Å²) < 4.78 is 26.2. The molecule has 1 aromatic rings. The number of carbonyl (C=O) groups excluding carboxylic acids is 1. The Morgan fingerprint density at radius 1 is 1.33 bits per heavy atom. The third-order valence-corrected chi connectivity index (χ3v) is 2.93. The molecule has 15 heavy (non-hydrogen) atoms. The minimum atomic E-state index is -0.835. The van der Waals surface area contributed by atoms with Crippen molar-refractivity contribution in [3.05, 3.63) is 35.4 Å². The standard InChI is InChI=1S/C12H12F2O/c13-10-5-1-4-9(12(10)14)7-8-3-2-6-11(8)15/h1,4-5,8H,2-3,6-7H2. The fourth-order valence-corrected chi connectivity index (χ4v) is 2.08. The first-order valence-electron chi connectivity index (χ1n) is 5.14. The van der Waals surface area contributed by atoms with Gasteiger partial charge in [-0.2, -0.15) is 0 Å². The Morgan fingerprint density at radius 2 is 2.13 bits per heavy atom. The fraction of sp³-hybridized carbons (Fsp3) is 0.417. The molecule has 0 N–H and O–H groups in total. The molecule has 1 nitrogen and oxygen atoms in total. The average molecular weight is 210 g/mol. The van der Waals surface area contributed by atoms with Gasteiger partial charge in [-0.15, -0.1) is 0 Å². The number of Topliss-reactive ketones (excluding diaryl/α,β-unsaturated/α-hetero) is 1. The number of benzene rings is 1. The van der Waals surface area contributed by atoms with Crippen molar-refractivity contribution in [2.24, 2.45) is 5.92 Å². The molecule has 2 rings (SSSR count). The molecular weight excluding hydrogens is 198 g/mol. The third-order valence-electron chi connectivity index (χ3n) is 2.93. The third kappa shape index (κ3) is 2.06. The molecule has 80 valence electrons. The zero-order valence-corrected chi connectivity index (χ0v) is 8.30. The Hall–Kier alpha value is -1.25. The minimum Gasteiger partial charge on any atom is -0.299 e. The molecule has 1 aliphatic rings. The first-order chi connectivity index (χ1) is 7.18. The van der Waals surface area contributed by atoms with Crippen LogP contribution in [0.5, 0.6) is 0 Å². The van der Waals surface area contributed by atoms with Gasteiger partial charge in [0.25, 0.3) is 0 Å². The van der Waals surface area contributed by atoms with Crippen LogP contribution in [0.3, 0.4) is 0 Å². The van der Waals surface area contributed by atoms with Crippen LogP contribution in [0, 0.1) is 17.6 Å². The quantitative estimate of drug-likeness (QED) is 0.733. The molecule has 1 fully saturated rings. The van der Waals surface area contributed by atoms with Gasteiger partial charge in [0.15, 0.2) is 11.6 Å². The van der Waals surface area contributed by atoms with Crippen LogP contribution in [0.25, 0.3) is 0 Å². The second kappa shape index (κ2) is 4.09. The van der Waals surface area contributed by atoms with Gasteiger partial charge in [-0.05, 0) is 30.9 Å². The second-order valence-corrected chi connectivity index (χ2v) is 3.97. The first-order valence-corrected chi connectivity index (χ1v) is 5.14. The van der Waals surface area contributed by atoms with Crippen molar-refractivity contribution in [1.82, 2.24) is 0 Å². The van der Waals surface area contributed by atoms with Crippen LogP contribution < -0.4 is 0 Å². The molecule has 1 unspecified atom stereocenters. The van der Waals surface area contributed by atoms with Crippen LogP contribution in [-0.2, 0) is 11.2 Å². The van der Waals surface area contributed by atoms with Crippen molar-refractivity contribution in [2.75, 3.05) is 0 Å². The van der Waals surface area contributed by atoms with Crippen LogP contribution in [0.15, 0.2) is 18.2 Å². The number of rotatable bonds is 2. The van der Waals surface area contributed by atoms with Crippen LogP contribution >= 0.6 is 0 Å². The number of hydrogen-bond donors (Lipinski definition) is 0. The Kier molecular flexibility index (Phi) is 2.80. The van der Waals surface area contributed by atoms with E-state index in [9.17, 15) is 13.6 Å². The summed E-state index contributed by atoms with van der Waals surface area (Å²) in [6.07, 6.45) is 2.60. The van der Waals surface area contributed by atoms with E-state index in [1.807, 2.05) is 0 Å². The molecule has 1 saturated carbocycles.